The molecule has 1 aliphatic rings. The summed E-state index contributed by atoms with van der Waals surface area (Å²) in [5.41, 5.74) is 4.87. The summed E-state index contributed by atoms with van der Waals surface area (Å²) in [6.45, 7) is 7.05. The molecule has 2 unspecified atom stereocenters. The molecule has 5 rings (SSSR count). The Morgan fingerprint density at radius 2 is 2.13 bits per heavy atom. The van der Waals surface area contributed by atoms with E-state index in [9.17, 15) is 4.79 Å². The number of nitrogens with zero attached hydrogens (tertiary/aromatic N) is 3. The first-order valence-corrected chi connectivity index (χ1v) is 12.4. The number of thiophene rings is 1. The highest BCUT2D eigenvalue weighted by molar-refractivity contribution is 7.18. The second-order valence-electron chi connectivity index (χ2n) is 8.36. The summed E-state index contributed by atoms with van der Waals surface area (Å²) in [4.78, 5) is 24.8. The van der Waals surface area contributed by atoms with E-state index in [-0.39, 0.29) is 11.6 Å². The topological polar surface area (TPSA) is 59.8 Å². The van der Waals surface area contributed by atoms with Crippen LogP contribution in [0.5, 0.6) is 0 Å². The van der Waals surface area contributed by atoms with Crippen molar-refractivity contribution in [1.29, 1.82) is 0 Å². The van der Waals surface area contributed by atoms with Crippen LogP contribution >= 0.6 is 22.7 Å². The van der Waals surface area contributed by atoms with Crippen molar-refractivity contribution in [2.75, 3.05) is 0 Å². The predicted molar refractivity (Wildman–Crippen MR) is 128 cm³/mol. The Hall–Kier alpha value is -2.35. The van der Waals surface area contributed by atoms with Gasteiger partial charge in [-0.25, -0.2) is 9.97 Å². The van der Waals surface area contributed by atoms with E-state index in [1.165, 1.54) is 21.6 Å². The van der Waals surface area contributed by atoms with Crippen molar-refractivity contribution in [3.63, 3.8) is 0 Å². The molecule has 0 amide bonds. The van der Waals surface area contributed by atoms with Gasteiger partial charge in [-0.15, -0.1) is 22.7 Å². The van der Waals surface area contributed by atoms with E-state index in [1.807, 2.05) is 19.2 Å². The molecular formula is C24H26N4OS2. The maximum absolute atomic E-state index is 13.4. The average Bonchev–Trinajstić information content (AvgIpc) is 3.36. The molecule has 1 aromatic carbocycles. The molecule has 31 heavy (non-hydrogen) atoms. The maximum atomic E-state index is 13.4. The molecule has 1 N–H and O–H groups in total. The number of hydrogen-bond donors (Lipinski definition) is 1. The molecule has 0 fully saturated rings. The van der Waals surface area contributed by atoms with Crippen molar-refractivity contribution in [3.8, 4) is 0 Å². The first-order valence-electron chi connectivity index (χ1n) is 10.7. The Morgan fingerprint density at radius 3 is 2.90 bits per heavy atom. The van der Waals surface area contributed by atoms with Gasteiger partial charge in [0.1, 0.15) is 4.83 Å². The van der Waals surface area contributed by atoms with E-state index in [0.717, 1.165) is 46.7 Å². The fraction of sp³-hybridized carbons (Fsp3) is 0.375. The lowest BCUT2D eigenvalue weighted by molar-refractivity contribution is 0.462. The van der Waals surface area contributed by atoms with Crippen LogP contribution < -0.4 is 10.9 Å². The summed E-state index contributed by atoms with van der Waals surface area (Å²) >= 11 is 3.30. The molecule has 0 aliphatic heterocycles. The average molecular weight is 451 g/mol. The minimum Gasteiger partial charge on any atom is -0.310 e. The SMILES string of the molecule is Cc1nc(C(C)n2cnc3sc4c(c3c2=O)CCC(NCc2ccccc2C)C4)cs1. The van der Waals surface area contributed by atoms with Crippen LogP contribution in [0.25, 0.3) is 10.2 Å². The van der Waals surface area contributed by atoms with Crippen LogP contribution in [0.4, 0.5) is 0 Å². The standard InChI is InChI=1S/C24H26N4OS2/c1-14-6-4-5-7-17(14)11-25-18-8-9-19-21(10-18)31-23-22(19)24(29)28(13-26-23)15(2)20-12-30-16(3)27-20/h4-7,12-13,15,18,25H,8-11H2,1-3H3. The van der Waals surface area contributed by atoms with Crippen LogP contribution in [0.3, 0.4) is 0 Å². The molecule has 2 atom stereocenters. The summed E-state index contributed by atoms with van der Waals surface area (Å²) in [5.74, 6) is 0. The molecule has 160 valence electrons. The van der Waals surface area contributed by atoms with Crippen molar-refractivity contribution in [2.24, 2.45) is 0 Å². The lowest BCUT2D eigenvalue weighted by Gasteiger charge is -2.24. The van der Waals surface area contributed by atoms with E-state index in [0.29, 0.717) is 6.04 Å². The van der Waals surface area contributed by atoms with Crippen molar-refractivity contribution >= 4 is 32.9 Å². The van der Waals surface area contributed by atoms with Crippen LogP contribution in [0.1, 0.15) is 51.7 Å². The Balaban J connectivity index is 1.40. The van der Waals surface area contributed by atoms with E-state index in [2.05, 4.69) is 46.5 Å². The first-order chi connectivity index (χ1) is 15.0. The van der Waals surface area contributed by atoms with Crippen molar-refractivity contribution in [3.05, 3.63) is 78.6 Å². The zero-order chi connectivity index (χ0) is 21.5. The number of benzene rings is 1. The molecule has 4 aromatic rings. The molecule has 5 nitrogen and oxygen atoms in total. The molecular weight excluding hydrogens is 424 g/mol. The quantitative estimate of drug-likeness (QED) is 0.475. The van der Waals surface area contributed by atoms with E-state index in [1.54, 1.807) is 33.6 Å². The summed E-state index contributed by atoms with van der Waals surface area (Å²) < 4.78 is 1.74. The molecule has 0 saturated carbocycles. The second kappa shape index (κ2) is 8.30. The fourth-order valence-corrected chi connectivity index (χ4v) is 6.36. The van der Waals surface area contributed by atoms with Crippen molar-refractivity contribution in [1.82, 2.24) is 19.9 Å². The number of fused-ring (bicyclic) bond motifs is 3. The number of aryl methyl sites for hydroxylation is 3. The summed E-state index contributed by atoms with van der Waals surface area (Å²) in [5, 5.41) is 7.59. The molecule has 3 heterocycles. The smallest absolute Gasteiger partial charge is 0.262 e. The van der Waals surface area contributed by atoms with Gasteiger partial charge in [-0.05, 0) is 56.7 Å². The van der Waals surface area contributed by atoms with Crippen LogP contribution in [0.2, 0.25) is 0 Å². The van der Waals surface area contributed by atoms with Crippen LogP contribution in [0, 0.1) is 13.8 Å². The van der Waals surface area contributed by atoms with Crippen LogP contribution in [-0.2, 0) is 19.4 Å². The van der Waals surface area contributed by atoms with Gasteiger partial charge in [0.25, 0.3) is 5.56 Å². The Morgan fingerprint density at radius 1 is 1.29 bits per heavy atom. The van der Waals surface area contributed by atoms with Gasteiger partial charge in [0.2, 0.25) is 0 Å². The Kier molecular flexibility index (Phi) is 5.50. The van der Waals surface area contributed by atoms with Crippen LogP contribution in [0.15, 0.2) is 40.8 Å². The van der Waals surface area contributed by atoms with Gasteiger partial charge in [-0.3, -0.25) is 9.36 Å². The van der Waals surface area contributed by atoms with Gasteiger partial charge in [-0.2, -0.15) is 0 Å². The highest BCUT2D eigenvalue weighted by atomic mass is 32.1. The molecule has 0 radical (unpaired) electrons. The minimum absolute atomic E-state index is 0.0620. The van der Waals surface area contributed by atoms with Crippen molar-refractivity contribution < 1.29 is 0 Å². The normalized spacial score (nSPS) is 17.1. The van der Waals surface area contributed by atoms with E-state index < -0.39 is 0 Å². The Bertz CT molecular complexity index is 1300. The van der Waals surface area contributed by atoms with Crippen molar-refractivity contribution in [2.45, 2.75) is 58.7 Å². The maximum Gasteiger partial charge on any atom is 0.262 e. The van der Waals surface area contributed by atoms with Gasteiger partial charge >= 0.3 is 0 Å². The number of nitrogens with one attached hydrogen (secondary N) is 1. The van der Waals surface area contributed by atoms with Gasteiger partial charge in [0.15, 0.2) is 0 Å². The fourth-order valence-electron chi connectivity index (χ4n) is 4.41. The summed E-state index contributed by atoms with van der Waals surface area (Å²) in [6, 6.07) is 8.84. The van der Waals surface area contributed by atoms with Gasteiger partial charge < -0.3 is 5.32 Å². The largest absolute Gasteiger partial charge is 0.310 e. The van der Waals surface area contributed by atoms with E-state index in [4.69, 9.17) is 0 Å². The van der Waals surface area contributed by atoms with Gasteiger partial charge in [0, 0.05) is 22.8 Å². The predicted octanol–water partition coefficient (Wildman–Crippen LogP) is 4.79. The molecule has 0 spiro atoms. The number of hydrogen-bond acceptors (Lipinski definition) is 6. The van der Waals surface area contributed by atoms with Gasteiger partial charge in [0.05, 0.1) is 28.5 Å². The summed E-state index contributed by atoms with van der Waals surface area (Å²) in [6.07, 6.45) is 4.62. The van der Waals surface area contributed by atoms with Crippen LogP contribution in [-0.4, -0.2) is 20.6 Å². The lowest BCUT2D eigenvalue weighted by Crippen LogP contribution is -2.34. The minimum atomic E-state index is -0.114. The first kappa shape index (κ1) is 20.5. The zero-order valence-corrected chi connectivity index (χ0v) is 19.6. The monoisotopic (exact) mass is 450 g/mol. The Labute approximate surface area is 189 Å². The van der Waals surface area contributed by atoms with E-state index >= 15 is 0 Å². The molecule has 3 aromatic heterocycles. The zero-order valence-electron chi connectivity index (χ0n) is 18.0. The molecule has 7 heteroatoms. The summed E-state index contributed by atoms with van der Waals surface area (Å²) in [7, 11) is 0. The molecule has 0 saturated heterocycles. The number of thiazole rings is 1. The highest BCUT2D eigenvalue weighted by Gasteiger charge is 2.26. The van der Waals surface area contributed by atoms with Gasteiger partial charge in [-0.1, -0.05) is 24.3 Å². The third kappa shape index (κ3) is 3.86. The third-order valence-electron chi connectivity index (χ3n) is 6.32. The lowest BCUT2D eigenvalue weighted by atomic mass is 9.92. The number of rotatable bonds is 5. The third-order valence-corrected chi connectivity index (χ3v) is 8.27. The highest BCUT2D eigenvalue weighted by Crippen LogP contribution is 2.34. The second-order valence-corrected chi connectivity index (χ2v) is 10.5. The molecule has 1 aliphatic carbocycles. The number of aromatic nitrogens is 3. The molecule has 0 bridgehead atoms.